The Labute approximate surface area is 184 Å². The number of hydrogen-bond acceptors (Lipinski definition) is 3. The molecule has 0 unspecified atom stereocenters. The molecule has 0 atom stereocenters. The molecular formula is C21H31IN4O2. The van der Waals surface area contributed by atoms with E-state index in [-0.39, 0.29) is 35.3 Å². The Kier molecular flexibility index (Phi) is 8.15. The lowest BCUT2D eigenvalue weighted by Crippen LogP contribution is -2.49. The molecule has 1 aromatic carbocycles. The van der Waals surface area contributed by atoms with Crippen LogP contribution in [0.2, 0.25) is 0 Å². The topological polar surface area (TPSA) is 69.9 Å². The fourth-order valence-corrected chi connectivity index (χ4v) is 3.86. The summed E-state index contributed by atoms with van der Waals surface area (Å²) < 4.78 is 5.84. The van der Waals surface area contributed by atoms with Crippen molar-refractivity contribution in [1.29, 1.82) is 0 Å². The van der Waals surface area contributed by atoms with Gasteiger partial charge in [-0.05, 0) is 31.9 Å². The zero-order chi connectivity index (χ0) is 19.3. The van der Waals surface area contributed by atoms with Crippen molar-refractivity contribution in [2.45, 2.75) is 39.2 Å². The highest BCUT2D eigenvalue weighted by Crippen LogP contribution is 2.38. The van der Waals surface area contributed by atoms with Gasteiger partial charge in [0, 0.05) is 32.6 Å². The molecule has 1 fully saturated rings. The van der Waals surface area contributed by atoms with Gasteiger partial charge in [0.2, 0.25) is 5.91 Å². The highest BCUT2D eigenvalue weighted by molar-refractivity contribution is 14.0. The van der Waals surface area contributed by atoms with Gasteiger partial charge < -0.3 is 20.0 Å². The van der Waals surface area contributed by atoms with Gasteiger partial charge in [-0.3, -0.25) is 4.79 Å². The highest BCUT2D eigenvalue weighted by atomic mass is 127. The second-order valence-corrected chi connectivity index (χ2v) is 7.49. The number of nitrogens with one attached hydrogen (secondary N) is 2. The lowest BCUT2D eigenvalue weighted by Gasteiger charge is -2.31. The molecule has 1 amide bonds. The van der Waals surface area contributed by atoms with E-state index < -0.39 is 0 Å². The van der Waals surface area contributed by atoms with Crippen LogP contribution in [-0.2, 0) is 11.3 Å². The van der Waals surface area contributed by atoms with E-state index in [1.165, 1.54) is 0 Å². The molecule has 6 nitrogen and oxygen atoms in total. The van der Waals surface area contributed by atoms with E-state index in [2.05, 4.69) is 15.6 Å². The first-order valence-electron chi connectivity index (χ1n) is 9.75. The van der Waals surface area contributed by atoms with Gasteiger partial charge in [-0.1, -0.05) is 31.0 Å². The van der Waals surface area contributed by atoms with Crippen molar-refractivity contribution in [3.8, 4) is 0 Å². The van der Waals surface area contributed by atoms with E-state index in [1.54, 1.807) is 4.90 Å². The minimum absolute atomic E-state index is 0. The monoisotopic (exact) mass is 498 g/mol. The summed E-state index contributed by atoms with van der Waals surface area (Å²) in [5.74, 6) is 1.75. The molecule has 2 N–H and O–H groups in total. The predicted molar refractivity (Wildman–Crippen MR) is 124 cm³/mol. The number of aliphatic imine (C=N–C) groups is 1. The standard InChI is InChI=1S/C21H30N4O2.HI/c1-4-22-20(23-14-17-13-16-9-5-6-10-18(16)27-17)24-15-21(11-7-8-12-21)19(26)25(2)3;/h5-6,9-10,13H,4,7-8,11-12,14-15H2,1-3H3,(H2,22,23,24);1H. The van der Waals surface area contributed by atoms with Crippen molar-refractivity contribution in [2.24, 2.45) is 10.4 Å². The quantitative estimate of drug-likeness (QED) is 0.362. The van der Waals surface area contributed by atoms with Crippen LogP contribution in [0.3, 0.4) is 0 Å². The molecule has 0 spiro atoms. The molecule has 1 aliphatic rings. The molecule has 0 radical (unpaired) electrons. The number of carbonyl (C=O) groups excluding carboxylic acids is 1. The molecule has 0 aliphatic heterocycles. The molecule has 3 rings (SSSR count). The average molecular weight is 498 g/mol. The van der Waals surface area contributed by atoms with Gasteiger partial charge >= 0.3 is 0 Å². The van der Waals surface area contributed by atoms with Gasteiger partial charge in [0.25, 0.3) is 0 Å². The highest BCUT2D eigenvalue weighted by Gasteiger charge is 2.42. The van der Waals surface area contributed by atoms with Crippen molar-refractivity contribution < 1.29 is 9.21 Å². The molecule has 28 heavy (non-hydrogen) atoms. The zero-order valence-electron chi connectivity index (χ0n) is 17.0. The Hall–Kier alpha value is -1.77. The summed E-state index contributed by atoms with van der Waals surface area (Å²) in [6, 6.07) is 9.98. The first kappa shape index (κ1) is 22.5. The molecule has 1 aromatic heterocycles. The van der Waals surface area contributed by atoms with Gasteiger partial charge in [0.15, 0.2) is 5.96 Å². The lowest BCUT2D eigenvalue weighted by atomic mass is 9.84. The summed E-state index contributed by atoms with van der Waals surface area (Å²) in [6.07, 6.45) is 4.07. The summed E-state index contributed by atoms with van der Waals surface area (Å²) in [7, 11) is 3.67. The number of para-hydroxylation sites is 1. The first-order chi connectivity index (χ1) is 13.0. The van der Waals surface area contributed by atoms with Crippen LogP contribution in [0.25, 0.3) is 11.0 Å². The van der Waals surface area contributed by atoms with E-state index in [0.717, 1.165) is 54.9 Å². The number of nitrogens with zero attached hydrogens (tertiary/aromatic N) is 2. The van der Waals surface area contributed by atoms with Crippen LogP contribution in [0.4, 0.5) is 0 Å². The second kappa shape index (κ2) is 10.1. The Bertz CT molecular complexity index is 777. The number of furan rings is 1. The average Bonchev–Trinajstić information content (AvgIpc) is 3.30. The summed E-state index contributed by atoms with van der Waals surface area (Å²) in [4.78, 5) is 19.1. The van der Waals surface area contributed by atoms with Crippen LogP contribution in [0.15, 0.2) is 39.7 Å². The first-order valence-corrected chi connectivity index (χ1v) is 9.75. The van der Waals surface area contributed by atoms with Crippen LogP contribution in [0.1, 0.15) is 38.4 Å². The summed E-state index contributed by atoms with van der Waals surface area (Å²) >= 11 is 0. The predicted octanol–water partition coefficient (Wildman–Crippen LogP) is 3.75. The molecule has 0 saturated heterocycles. The van der Waals surface area contributed by atoms with E-state index >= 15 is 0 Å². The number of amides is 1. The third-order valence-corrected chi connectivity index (χ3v) is 5.23. The van der Waals surface area contributed by atoms with Crippen LogP contribution in [0, 0.1) is 5.41 Å². The van der Waals surface area contributed by atoms with Crippen molar-refractivity contribution in [1.82, 2.24) is 15.5 Å². The smallest absolute Gasteiger partial charge is 0.230 e. The summed E-state index contributed by atoms with van der Waals surface area (Å²) in [5, 5.41) is 7.75. The van der Waals surface area contributed by atoms with Crippen molar-refractivity contribution in [3.63, 3.8) is 0 Å². The van der Waals surface area contributed by atoms with E-state index in [4.69, 9.17) is 4.42 Å². The van der Waals surface area contributed by atoms with Crippen LogP contribution in [-0.4, -0.2) is 44.0 Å². The van der Waals surface area contributed by atoms with Crippen molar-refractivity contribution in [3.05, 3.63) is 36.1 Å². The molecule has 1 heterocycles. The van der Waals surface area contributed by atoms with E-state index in [9.17, 15) is 4.79 Å². The maximum Gasteiger partial charge on any atom is 0.230 e. The summed E-state index contributed by atoms with van der Waals surface area (Å²) in [5.41, 5.74) is 0.557. The minimum atomic E-state index is -0.320. The molecule has 0 bridgehead atoms. The Balaban J connectivity index is 0.00000280. The number of hydrogen-bond donors (Lipinski definition) is 2. The van der Waals surface area contributed by atoms with Crippen LogP contribution >= 0.6 is 24.0 Å². The molecule has 7 heteroatoms. The SMILES string of the molecule is CCNC(=NCc1cc2ccccc2o1)NCC1(C(=O)N(C)C)CCCC1.I. The number of fused-ring (bicyclic) bond motifs is 1. The minimum Gasteiger partial charge on any atom is -0.459 e. The normalized spacial score (nSPS) is 15.9. The fourth-order valence-electron chi connectivity index (χ4n) is 3.86. The molecule has 1 saturated carbocycles. The number of rotatable bonds is 6. The molecule has 1 aliphatic carbocycles. The van der Waals surface area contributed by atoms with E-state index in [0.29, 0.717) is 13.1 Å². The second-order valence-electron chi connectivity index (χ2n) is 7.49. The van der Waals surface area contributed by atoms with E-state index in [1.807, 2.05) is 51.4 Å². The Morgan fingerprint density at radius 1 is 1.21 bits per heavy atom. The number of carbonyl (C=O) groups is 1. The Morgan fingerprint density at radius 2 is 1.93 bits per heavy atom. The largest absolute Gasteiger partial charge is 0.459 e. The molecular weight excluding hydrogens is 467 g/mol. The fraction of sp³-hybridized carbons (Fsp3) is 0.524. The maximum atomic E-state index is 12.7. The molecule has 154 valence electrons. The van der Waals surface area contributed by atoms with Gasteiger partial charge in [-0.15, -0.1) is 24.0 Å². The van der Waals surface area contributed by atoms with Gasteiger partial charge in [0.05, 0.1) is 5.41 Å². The number of guanidine groups is 1. The van der Waals surface area contributed by atoms with Crippen LogP contribution < -0.4 is 10.6 Å². The van der Waals surface area contributed by atoms with Gasteiger partial charge in [-0.2, -0.15) is 0 Å². The van der Waals surface area contributed by atoms with Crippen molar-refractivity contribution >= 4 is 46.8 Å². The lowest BCUT2D eigenvalue weighted by molar-refractivity contribution is -0.138. The third-order valence-electron chi connectivity index (χ3n) is 5.23. The van der Waals surface area contributed by atoms with Crippen LogP contribution in [0.5, 0.6) is 0 Å². The Morgan fingerprint density at radius 3 is 2.57 bits per heavy atom. The zero-order valence-corrected chi connectivity index (χ0v) is 19.3. The number of benzene rings is 1. The molecule has 2 aromatic rings. The third kappa shape index (κ3) is 5.18. The maximum absolute atomic E-state index is 12.7. The van der Waals surface area contributed by atoms with Gasteiger partial charge in [0.1, 0.15) is 17.9 Å². The van der Waals surface area contributed by atoms with Crippen molar-refractivity contribution in [2.75, 3.05) is 27.2 Å². The number of halogens is 1. The summed E-state index contributed by atoms with van der Waals surface area (Å²) in [6.45, 7) is 3.86. The van der Waals surface area contributed by atoms with Gasteiger partial charge in [-0.25, -0.2) is 4.99 Å².